The van der Waals surface area contributed by atoms with Gasteiger partial charge in [-0.3, -0.25) is 4.79 Å². The topological polar surface area (TPSA) is 72.1 Å². The highest BCUT2D eigenvalue weighted by Crippen LogP contribution is 2.23. The molecule has 1 aromatic rings. The number of amides is 1. The van der Waals surface area contributed by atoms with Crippen LogP contribution in [-0.2, 0) is 12.8 Å². The first-order chi connectivity index (χ1) is 7.09. The van der Waals surface area contributed by atoms with E-state index in [0.717, 1.165) is 30.5 Å². The second-order valence-corrected chi connectivity index (χ2v) is 3.91. The molecule has 0 bridgehead atoms. The maximum Gasteiger partial charge on any atom is 0.272 e. The molecule has 0 aliphatic heterocycles. The van der Waals surface area contributed by atoms with Crippen LogP contribution >= 0.6 is 0 Å². The predicted octanol–water partition coefficient (Wildman–Crippen LogP) is 0.249. The van der Waals surface area contributed by atoms with E-state index in [1.807, 2.05) is 0 Å². The molecule has 2 rings (SSSR count). The number of hydrogen-bond acceptors (Lipinski definition) is 4. The van der Waals surface area contributed by atoms with E-state index in [9.17, 15) is 4.79 Å². The van der Waals surface area contributed by atoms with Crippen molar-refractivity contribution >= 4 is 11.9 Å². The van der Waals surface area contributed by atoms with Crippen molar-refractivity contribution in [3.8, 4) is 0 Å². The third-order valence-electron chi connectivity index (χ3n) is 2.56. The minimum atomic E-state index is -0.0951. The number of carbonyl (C=O) groups excluding carboxylic acids is 1. The number of nitrogen functional groups attached to an aromatic ring is 1. The number of aromatic nitrogens is 2. The van der Waals surface area contributed by atoms with Crippen LogP contribution in [-0.4, -0.2) is 34.9 Å². The van der Waals surface area contributed by atoms with E-state index in [4.69, 9.17) is 5.73 Å². The normalized spacial score (nSPS) is 13.7. The molecule has 15 heavy (non-hydrogen) atoms. The largest absolute Gasteiger partial charge is 0.368 e. The molecule has 0 radical (unpaired) electrons. The fourth-order valence-corrected chi connectivity index (χ4v) is 1.84. The molecule has 0 saturated heterocycles. The van der Waals surface area contributed by atoms with Gasteiger partial charge in [0, 0.05) is 25.4 Å². The maximum atomic E-state index is 11.8. The maximum absolute atomic E-state index is 11.8. The molecule has 0 unspecified atom stereocenters. The number of hydrogen-bond donors (Lipinski definition) is 1. The monoisotopic (exact) mass is 206 g/mol. The third kappa shape index (κ3) is 1.65. The Morgan fingerprint density at radius 1 is 1.33 bits per heavy atom. The number of fused-ring (bicyclic) bond motifs is 1. The summed E-state index contributed by atoms with van der Waals surface area (Å²) in [5, 5.41) is 0. The zero-order chi connectivity index (χ0) is 11.0. The van der Waals surface area contributed by atoms with Gasteiger partial charge in [-0.1, -0.05) is 0 Å². The predicted molar refractivity (Wildman–Crippen MR) is 56.5 cm³/mol. The molecule has 5 heteroatoms. The van der Waals surface area contributed by atoms with Gasteiger partial charge in [-0.05, 0) is 19.3 Å². The van der Waals surface area contributed by atoms with Gasteiger partial charge in [-0.25, -0.2) is 9.97 Å². The van der Waals surface area contributed by atoms with Gasteiger partial charge < -0.3 is 10.6 Å². The molecule has 0 atom stereocenters. The second-order valence-electron chi connectivity index (χ2n) is 3.91. The summed E-state index contributed by atoms with van der Waals surface area (Å²) in [4.78, 5) is 21.5. The van der Waals surface area contributed by atoms with Crippen molar-refractivity contribution in [2.45, 2.75) is 19.3 Å². The Morgan fingerprint density at radius 2 is 2.07 bits per heavy atom. The smallest absolute Gasteiger partial charge is 0.272 e. The third-order valence-corrected chi connectivity index (χ3v) is 2.56. The first-order valence-electron chi connectivity index (χ1n) is 4.96. The lowest BCUT2D eigenvalue weighted by Gasteiger charge is -2.12. The van der Waals surface area contributed by atoms with Crippen LogP contribution in [0, 0.1) is 0 Å². The molecule has 1 heterocycles. The van der Waals surface area contributed by atoms with Crippen molar-refractivity contribution < 1.29 is 4.79 Å². The fourth-order valence-electron chi connectivity index (χ4n) is 1.84. The second kappa shape index (κ2) is 3.49. The minimum absolute atomic E-state index is 0.0951. The van der Waals surface area contributed by atoms with E-state index in [1.54, 1.807) is 14.1 Å². The van der Waals surface area contributed by atoms with Gasteiger partial charge in [0.1, 0.15) is 5.69 Å². The summed E-state index contributed by atoms with van der Waals surface area (Å²) in [6.45, 7) is 0. The number of carbonyl (C=O) groups is 1. The van der Waals surface area contributed by atoms with Crippen LogP contribution in [0.5, 0.6) is 0 Å². The average molecular weight is 206 g/mol. The van der Waals surface area contributed by atoms with Crippen LogP contribution in [0.25, 0.3) is 0 Å². The van der Waals surface area contributed by atoms with E-state index in [0.29, 0.717) is 5.69 Å². The highest BCUT2D eigenvalue weighted by atomic mass is 16.2. The molecule has 5 nitrogen and oxygen atoms in total. The van der Waals surface area contributed by atoms with Crippen LogP contribution in [0.1, 0.15) is 28.2 Å². The Bertz CT molecular complexity index is 414. The van der Waals surface area contributed by atoms with E-state index < -0.39 is 0 Å². The van der Waals surface area contributed by atoms with Crippen LogP contribution in [0.4, 0.5) is 5.95 Å². The highest BCUT2D eigenvalue weighted by Gasteiger charge is 2.23. The average Bonchev–Trinajstić information content (AvgIpc) is 2.62. The quantitative estimate of drug-likeness (QED) is 0.715. The van der Waals surface area contributed by atoms with Crippen LogP contribution in [0.3, 0.4) is 0 Å². The molecule has 2 N–H and O–H groups in total. The van der Waals surface area contributed by atoms with Crippen LogP contribution in [0.15, 0.2) is 0 Å². The number of rotatable bonds is 1. The molecule has 0 fully saturated rings. The number of nitrogens with two attached hydrogens (primary N) is 1. The van der Waals surface area contributed by atoms with Gasteiger partial charge in [-0.15, -0.1) is 0 Å². The van der Waals surface area contributed by atoms with Crippen LogP contribution < -0.4 is 5.73 Å². The Balaban J connectivity index is 2.51. The van der Waals surface area contributed by atoms with Gasteiger partial charge in [0.05, 0.1) is 0 Å². The van der Waals surface area contributed by atoms with Gasteiger partial charge >= 0.3 is 0 Å². The molecular weight excluding hydrogens is 192 g/mol. The summed E-state index contributed by atoms with van der Waals surface area (Å²) in [6.07, 6.45) is 2.81. The Kier molecular flexibility index (Phi) is 2.30. The van der Waals surface area contributed by atoms with Gasteiger partial charge in [-0.2, -0.15) is 0 Å². The molecule has 80 valence electrons. The highest BCUT2D eigenvalue weighted by molar-refractivity contribution is 5.94. The molecule has 1 amide bonds. The zero-order valence-corrected chi connectivity index (χ0v) is 8.95. The SMILES string of the molecule is CN(C)C(=O)c1nc(N)nc2c1CCC2. The Morgan fingerprint density at radius 3 is 2.73 bits per heavy atom. The van der Waals surface area contributed by atoms with Crippen molar-refractivity contribution in [3.63, 3.8) is 0 Å². The molecule has 1 aliphatic rings. The van der Waals surface area contributed by atoms with Crippen molar-refractivity contribution in [3.05, 3.63) is 17.0 Å². The molecule has 1 aromatic heterocycles. The summed E-state index contributed by atoms with van der Waals surface area (Å²) in [7, 11) is 3.42. The van der Waals surface area contributed by atoms with Crippen molar-refractivity contribution in [2.75, 3.05) is 19.8 Å². The summed E-state index contributed by atoms with van der Waals surface area (Å²) < 4.78 is 0. The lowest BCUT2D eigenvalue weighted by atomic mass is 10.1. The first-order valence-corrected chi connectivity index (χ1v) is 4.96. The van der Waals surface area contributed by atoms with Crippen molar-refractivity contribution in [1.29, 1.82) is 0 Å². The van der Waals surface area contributed by atoms with Gasteiger partial charge in [0.15, 0.2) is 0 Å². The molecule has 0 saturated carbocycles. The summed E-state index contributed by atoms with van der Waals surface area (Å²) in [5.41, 5.74) is 7.96. The van der Waals surface area contributed by atoms with Gasteiger partial charge in [0.25, 0.3) is 5.91 Å². The number of nitrogens with zero attached hydrogens (tertiary/aromatic N) is 3. The summed E-state index contributed by atoms with van der Waals surface area (Å²) in [5.74, 6) is 0.100. The van der Waals surface area contributed by atoms with Crippen LogP contribution in [0.2, 0.25) is 0 Å². The molecule has 1 aliphatic carbocycles. The zero-order valence-electron chi connectivity index (χ0n) is 8.95. The molecular formula is C10H14N4O. The van der Waals surface area contributed by atoms with E-state index in [-0.39, 0.29) is 11.9 Å². The lowest BCUT2D eigenvalue weighted by Crippen LogP contribution is -2.25. The van der Waals surface area contributed by atoms with Crippen molar-refractivity contribution in [2.24, 2.45) is 0 Å². The number of aryl methyl sites for hydroxylation is 1. The summed E-state index contributed by atoms with van der Waals surface area (Å²) >= 11 is 0. The van der Waals surface area contributed by atoms with E-state index >= 15 is 0 Å². The minimum Gasteiger partial charge on any atom is -0.368 e. The molecule has 0 aromatic carbocycles. The lowest BCUT2D eigenvalue weighted by molar-refractivity contribution is 0.0821. The Hall–Kier alpha value is -1.65. The van der Waals surface area contributed by atoms with E-state index in [2.05, 4.69) is 9.97 Å². The van der Waals surface area contributed by atoms with E-state index in [1.165, 1.54) is 4.90 Å². The summed E-state index contributed by atoms with van der Waals surface area (Å²) in [6, 6.07) is 0. The Labute approximate surface area is 88.3 Å². The van der Waals surface area contributed by atoms with Gasteiger partial charge in [0.2, 0.25) is 5.95 Å². The number of anilines is 1. The standard InChI is InChI=1S/C10H14N4O/c1-14(2)9(15)8-6-4-3-5-7(6)12-10(11)13-8/h3-5H2,1-2H3,(H2,11,12,13). The first kappa shape index (κ1) is 9.89. The van der Waals surface area contributed by atoms with Crippen molar-refractivity contribution in [1.82, 2.24) is 14.9 Å². The molecule has 0 spiro atoms. The fraction of sp³-hybridized carbons (Fsp3) is 0.500.